The molecule has 2 aliphatic carbocycles. The Morgan fingerprint density at radius 1 is 1.28 bits per heavy atom. The highest BCUT2D eigenvalue weighted by molar-refractivity contribution is 5.81. The highest BCUT2D eigenvalue weighted by Crippen LogP contribution is 2.46. The largest absolute Gasteiger partial charge is 0.447 e. The molecule has 0 bridgehead atoms. The lowest BCUT2D eigenvalue weighted by Gasteiger charge is -2.47. The van der Waals surface area contributed by atoms with E-state index < -0.39 is 0 Å². The molecular formula is C20H26N2O3. The van der Waals surface area contributed by atoms with Crippen molar-refractivity contribution in [1.29, 1.82) is 0 Å². The number of ether oxygens (including phenoxy) is 1. The number of carbonyl (C=O) groups is 2. The molecule has 1 spiro atoms. The van der Waals surface area contributed by atoms with Gasteiger partial charge in [-0.25, -0.2) is 4.79 Å². The Bertz CT molecular complexity index is 718. The number of aryl methyl sites for hydroxylation is 1. The number of rotatable bonds is 3. The van der Waals surface area contributed by atoms with E-state index >= 15 is 0 Å². The van der Waals surface area contributed by atoms with Crippen LogP contribution in [0.15, 0.2) is 18.2 Å². The van der Waals surface area contributed by atoms with Crippen LogP contribution < -0.4 is 5.32 Å². The van der Waals surface area contributed by atoms with Gasteiger partial charge in [0, 0.05) is 19.0 Å². The summed E-state index contributed by atoms with van der Waals surface area (Å²) in [6.07, 6.45) is 3.21. The second-order valence-corrected chi connectivity index (χ2v) is 8.11. The third-order valence-electron chi connectivity index (χ3n) is 6.64. The van der Waals surface area contributed by atoms with Crippen molar-refractivity contribution >= 4 is 12.0 Å². The number of likely N-dealkylation sites (N-methyl/N-ethyl adjacent to an activating group) is 1. The van der Waals surface area contributed by atoms with Crippen LogP contribution in [0.5, 0.6) is 0 Å². The minimum absolute atomic E-state index is 0.0108. The second kappa shape index (κ2) is 5.75. The summed E-state index contributed by atoms with van der Waals surface area (Å²) in [6.45, 7) is 4.76. The zero-order valence-corrected chi connectivity index (χ0v) is 15.2. The van der Waals surface area contributed by atoms with E-state index in [1.54, 1.807) is 11.9 Å². The lowest BCUT2D eigenvalue weighted by atomic mass is 9.67. The number of benzene rings is 1. The number of nitrogens with one attached hydrogen (secondary N) is 1. The van der Waals surface area contributed by atoms with Gasteiger partial charge in [-0.05, 0) is 62.1 Å². The normalized spacial score (nSPS) is 33.6. The summed E-state index contributed by atoms with van der Waals surface area (Å²) in [5, 5.41) is 3.20. The van der Waals surface area contributed by atoms with Crippen LogP contribution >= 0.6 is 0 Å². The SMILES string of the molecule is Cc1cccc(C2CC(NC(=O)C3CC4(COC(=O)N4C)C3)C2)c1C. The van der Waals surface area contributed by atoms with Crippen LogP contribution in [-0.4, -0.2) is 42.1 Å². The molecule has 2 saturated carbocycles. The molecule has 5 heteroatoms. The number of hydrogen-bond acceptors (Lipinski definition) is 3. The van der Waals surface area contributed by atoms with Crippen LogP contribution in [0, 0.1) is 19.8 Å². The molecule has 1 N–H and O–H groups in total. The van der Waals surface area contributed by atoms with Gasteiger partial charge in [-0.2, -0.15) is 0 Å². The van der Waals surface area contributed by atoms with Crippen molar-refractivity contribution in [3.8, 4) is 0 Å². The molecule has 2 amide bonds. The summed E-state index contributed by atoms with van der Waals surface area (Å²) in [4.78, 5) is 25.6. The Kier molecular flexibility index (Phi) is 3.78. The van der Waals surface area contributed by atoms with Crippen molar-refractivity contribution in [2.75, 3.05) is 13.7 Å². The number of nitrogens with zero attached hydrogens (tertiary/aromatic N) is 1. The molecule has 0 radical (unpaired) electrons. The predicted octanol–water partition coefficient (Wildman–Crippen LogP) is 2.90. The maximum Gasteiger partial charge on any atom is 0.410 e. The van der Waals surface area contributed by atoms with Crippen molar-refractivity contribution in [3.05, 3.63) is 34.9 Å². The Balaban J connectivity index is 1.27. The summed E-state index contributed by atoms with van der Waals surface area (Å²) in [5.74, 6) is 0.712. The van der Waals surface area contributed by atoms with Gasteiger partial charge in [0.25, 0.3) is 0 Å². The summed E-state index contributed by atoms with van der Waals surface area (Å²) in [5.41, 5.74) is 3.91. The fourth-order valence-electron chi connectivity index (χ4n) is 4.54. The van der Waals surface area contributed by atoms with E-state index in [0.29, 0.717) is 25.4 Å². The Morgan fingerprint density at radius 3 is 2.64 bits per heavy atom. The number of carbonyl (C=O) groups excluding carboxylic acids is 2. The maximum absolute atomic E-state index is 12.5. The summed E-state index contributed by atoms with van der Waals surface area (Å²) in [6, 6.07) is 6.78. The Labute approximate surface area is 148 Å². The highest BCUT2D eigenvalue weighted by Gasteiger charge is 2.56. The highest BCUT2D eigenvalue weighted by atomic mass is 16.6. The van der Waals surface area contributed by atoms with Gasteiger partial charge in [-0.3, -0.25) is 4.79 Å². The van der Waals surface area contributed by atoms with Crippen LogP contribution in [-0.2, 0) is 9.53 Å². The molecule has 0 unspecified atom stereocenters. The molecule has 4 rings (SSSR count). The maximum atomic E-state index is 12.5. The second-order valence-electron chi connectivity index (χ2n) is 8.11. The molecule has 3 aliphatic rings. The smallest absolute Gasteiger partial charge is 0.410 e. The van der Waals surface area contributed by atoms with E-state index in [1.807, 2.05) is 0 Å². The fraction of sp³-hybridized carbons (Fsp3) is 0.600. The minimum atomic E-state index is -0.269. The first-order chi connectivity index (χ1) is 11.9. The zero-order valence-electron chi connectivity index (χ0n) is 15.2. The van der Waals surface area contributed by atoms with Crippen LogP contribution in [0.1, 0.15) is 48.3 Å². The van der Waals surface area contributed by atoms with Crippen molar-refractivity contribution in [3.63, 3.8) is 0 Å². The first-order valence-electron chi connectivity index (χ1n) is 9.17. The predicted molar refractivity (Wildman–Crippen MR) is 94.4 cm³/mol. The van der Waals surface area contributed by atoms with Gasteiger partial charge >= 0.3 is 6.09 Å². The van der Waals surface area contributed by atoms with Crippen LogP contribution in [0.4, 0.5) is 4.79 Å². The van der Waals surface area contributed by atoms with E-state index in [-0.39, 0.29) is 29.5 Å². The van der Waals surface area contributed by atoms with E-state index in [9.17, 15) is 9.59 Å². The van der Waals surface area contributed by atoms with Gasteiger partial charge in [0.2, 0.25) is 5.91 Å². The van der Waals surface area contributed by atoms with Gasteiger partial charge in [-0.15, -0.1) is 0 Å². The summed E-state index contributed by atoms with van der Waals surface area (Å²) in [7, 11) is 1.77. The van der Waals surface area contributed by atoms with Crippen molar-refractivity contribution in [2.45, 2.75) is 57.0 Å². The van der Waals surface area contributed by atoms with Gasteiger partial charge in [0.15, 0.2) is 0 Å². The fourth-order valence-corrected chi connectivity index (χ4v) is 4.54. The Morgan fingerprint density at radius 2 is 2.00 bits per heavy atom. The molecule has 3 fully saturated rings. The average molecular weight is 342 g/mol. The van der Waals surface area contributed by atoms with Crippen LogP contribution in [0.25, 0.3) is 0 Å². The van der Waals surface area contributed by atoms with E-state index in [4.69, 9.17) is 4.74 Å². The van der Waals surface area contributed by atoms with Crippen LogP contribution in [0.3, 0.4) is 0 Å². The van der Waals surface area contributed by atoms with Gasteiger partial charge in [-0.1, -0.05) is 18.2 Å². The van der Waals surface area contributed by atoms with Crippen molar-refractivity contribution in [2.24, 2.45) is 5.92 Å². The Hall–Kier alpha value is -2.04. The van der Waals surface area contributed by atoms with E-state index in [1.165, 1.54) is 16.7 Å². The minimum Gasteiger partial charge on any atom is -0.447 e. The van der Waals surface area contributed by atoms with Crippen molar-refractivity contribution in [1.82, 2.24) is 10.2 Å². The lowest BCUT2D eigenvalue weighted by Crippen LogP contribution is -2.59. The molecule has 1 saturated heterocycles. The van der Waals surface area contributed by atoms with Crippen LogP contribution in [0.2, 0.25) is 0 Å². The van der Waals surface area contributed by atoms with Gasteiger partial charge in [0.1, 0.15) is 6.61 Å². The zero-order chi connectivity index (χ0) is 17.8. The molecular weight excluding hydrogens is 316 g/mol. The third kappa shape index (κ3) is 2.60. The van der Waals surface area contributed by atoms with Gasteiger partial charge in [0.05, 0.1) is 5.54 Å². The first-order valence-corrected chi connectivity index (χ1v) is 9.17. The average Bonchev–Trinajstić information content (AvgIpc) is 2.80. The molecule has 1 aromatic rings. The number of amides is 2. The number of hydrogen-bond donors (Lipinski definition) is 1. The molecule has 25 heavy (non-hydrogen) atoms. The van der Waals surface area contributed by atoms with Gasteiger partial charge < -0.3 is 15.0 Å². The number of cyclic esters (lactones) is 1. The summed E-state index contributed by atoms with van der Waals surface area (Å²) >= 11 is 0. The van der Waals surface area contributed by atoms with E-state index in [0.717, 1.165) is 12.8 Å². The summed E-state index contributed by atoms with van der Waals surface area (Å²) < 4.78 is 5.10. The molecule has 5 nitrogen and oxygen atoms in total. The lowest BCUT2D eigenvalue weighted by molar-refractivity contribution is -0.133. The molecule has 0 aromatic heterocycles. The molecule has 134 valence electrons. The van der Waals surface area contributed by atoms with Crippen molar-refractivity contribution < 1.29 is 14.3 Å². The molecule has 1 heterocycles. The standard InChI is InChI=1S/C20H26N2O3/c1-12-5-4-6-17(13(12)2)14-7-16(8-14)21-18(23)15-9-20(10-15)11-25-19(24)22(20)3/h4-6,14-16H,7-11H2,1-3H3,(H,21,23). The first kappa shape index (κ1) is 16.4. The monoisotopic (exact) mass is 342 g/mol. The topological polar surface area (TPSA) is 58.6 Å². The molecule has 1 aromatic carbocycles. The van der Waals surface area contributed by atoms with E-state index in [2.05, 4.69) is 37.4 Å². The molecule has 1 aliphatic heterocycles. The molecule has 0 atom stereocenters. The quantitative estimate of drug-likeness (QED) is 0.919. The third-order valence-corrected chi connectivity index (χ3v) is 6.64.